The van der Waals surface area contributed by atoms with Crippen LogP contribution < -0.4 is 5.32 Å². The monoisotopic (exact) mass is 410 g/mol. The molecule has 0 aromatic carbocycles. The van der Waals surface area contributed by atoms with Gasteiger partial charge in [0.15, 0.2) is 11.8 Å². The first-order chi connectivity index (χ1) is 13.5. The Morgan fingerprint density at radius 3 is 2.79 bits per heavy atom. The topological polar surface area (TPSA) is 97.9 Å². The fourth-order valence-corrected chi connectivity index (χ4v) is 3.28. The Morgan fingerprint density at radius 1 is 1.32 bits per heavy atom. The van der Waals surface area contributed by atoms with Gasteiger partial charge in [-0.3, -0.25) is 0 Å². The summed E-state index contributed by atoms with van der Waals surface area (Å²) in [6.45, 7) is 10.1. The molecule has 1 N–H and O–H groups in total. The van der Waals surface area contributed by atoms with Gasteiger partial charge in [0.25, 0.3) is 0 Å². The van der Waals surface area contributed by atoms with E-state index in [1.54, 1.807) is 18.4 Å². The number of aliphatic imine (C=N–C) groups is 1. The molecule has 0 aliphatic heterocycles. The van der Waals surface area contributed by atoms with Crippen LogP contribution in [-0.4, -0.2) is 53.3 Å². The summed E-state index contributed by atoms with van der Waals surface area (Å²) < 4.78 is 16.1. The second-order valence-electron chi connectivity index (χ2n) is 6.23. The molecule has 2 aromatic heterocycles. The van der Waals surface area contributed by atoms with Crippen molar-refractivity contribution in [2.45, 2.75) is 53.0 Å². The second-order valence-corrected chi connectivity index (χ2v) is 7.11. The van der Waals surface area contributed by atoms with Crippen LogP contribution in [0.25, 0.3) is 0 Å². The zero-order chi connectivity index (χ0) is 20.5. The fraction of sp³-hybridized carbons (Fsp3) is 0.667. The van der Waals surface area contributed by atoms with E-state index in [1.165, 1.54) is 0 Å². The van der Waals surface area contributed by atoms with Crippen molar-refractivity contribution in [1.82, 2.24) is 25.3 Å². The van der Waals surface area contributed by atoms with Crippen molar-refractivity contribution in [2.24, 2.45) is 4.99 Å². The van der Waals surface area contributed by atoms with Crippen molar-refractivity contribution in [3.63, 3.8) is 0 Å². The lowest BCUT2D eigenvalue weighted by molar-refractivity contribution is 0.0683. The molecule has 9 nitrogen and oxygen atoms in total. The molecule has 0 radical (unpaired) electrons. The van der Waals surface area contributed by atoms with Gasteiger partial charge in [-0.1, -0.05) is 5.16 Å². The number of aromatic nitrogens is 3. The summed E-state index contributed by atoms with van der Waals surface area (Å²) >= 11 is 1.60. The summed E-state index contributed by atoms with van der Waals surface area (Å²) in [5.41, 5.74) is 0.975. The third-order valence-electron chi connectivity index (χ3n) is 3.99. The number of thiazole rings is 1. The number of hydrogen-bond acceptors (Lipinski definition) is 8. The Kier molecular flexibility index (Phi) is 8.81. The van der Waals surface area contributed by atoms with Crippen LogP contribution in [0, 0.1) is 0 Å². The van der Waals surface area contributed by atoms with Gasteiger partial charge in [0.2, 0.25) is 5.89 Å². The van der Waals surface area contributed by atoms with Gasteiger partial charge in [0.05, 0.1) is 12.2 Å². The zero-order valence-electron chi connectivity index (χ0n) is 17.4. The molecule has 0 bridgehead atoms. The molecule has 0 aliphatic carbocycles. The van der Waals surface area contributed by atoms with Crippen molar-refractivity contribution in [3.8, 4) is 0 Å². The first kappa shape index (κ1) is 22.3. The maximum Gasteiger partial charge on any atom is 0.248 e. The van der Waals surface area contributed by atoms with E-state index >= 15 is 0 Å². The lowest BCUT2D eigenvalue weighted by atomic mass is 10.4. The minimum Gasteiger partial charge on any atom is -0.375 e. The van der Waals surface area contributed by atoms with Crippen molar-refractivity contribution in [3.05, 3.63) is 27.8 Å². The molecule has 2 rings (SSSR count). The zero-order valence-corrected chi connectivity index (χ0v) is 18.2. The molecular formula is C18H30N6O3S. The van der Waals surface area contributed by atoms with Crippen LogP contribution in [0.4, 0.5) is 0 Å². The predicted molar refractivity (Wildman–Crippen MR) is 108 cm³/mol. The molecule has 10 heteroatoms. The number of guanidine groups is 1. The molecule has 0 aliphatic rings. The van der Waals surface area contributed by atoms with E-state index in [1.807, 2.05) is 45.0 Å². The molecular weight excluding hydrogens is 380 g/mol. The van der Waals surface area contributed by atoms with Crippen LogP contribution in [0.3, 0.4) is 0 Å². The van der Waals surface area contributed by atoms with Crippen LogP contribution in [0.1, 0.15) is 62.3 Å². The normalized spacial score (nSPS) is 14.1. The molecule has 2 unspecified atom stereocenters. The molecule has 2 aromatic rings. The molecule has 0 spiro atoms. The number of nitrogens with one attached hydrogen (secondary N) is 1. The largest absolute Gasteiger partial charge is 0.375 e. The lowest BCUT2D eigenvalue weighted by Gasteiger charge is -2.20. The summed E-state index contributed by atoms with van der Waals surface area (Å²) in [5, 5.41) is 10.3. The van der Waals surface area contributed by atoms with Crippen LogP contribution in [0.15, 0.2) is 14.9 Å². The van der Waals surface area contributed by atoms with E-state index in [9.17, 15) is 0 Å². The van der Waals surface area contributed by atoms with Gasteiger partial charge in [-0.2, -0.15) is 4.98 Å². The van der Waals surface area contributed by atoms with E-state index in [0.29, 0.717) is 31.4 Å². The van der Waals surface area contributed by atoms with Crippen LogP contribution in [0.5, 0.6) is 0 Å². The summed E-state index contributed by atoms with van der Waals surface area (Å²) in [6, 6.07) is 0. The van der Waals surface area contributed by atoms with Gasteiger partial charge in [0, 0.05) is 32.7 Å². The Bertz CT molecular complexity index is 747. The number of ether oxygens (including phenoxy) is 2. The average Bonchev–Trinajstić information content (AvgIpc) is 3.34. The minimum absolute atomic E-state index is 0.00300. The predicted octanol–water partition coefficient (Wildman–Crippen LogP) is 2.93. The molecule has 2 heterocycles. The molecule has 2 atom stereocenters. The molecule has 0 fully saturated rings. The van der Waals surface area contributed by atoms with Gasteiger partial charge >= 0.3 is 0 Å². The third kappa shape index (κ3) is 6.25. The molecule has 0 amide bonds. The summed E-state index contributed by atoms with van der Waals surface area (Å²) in [7, 11) is 3.66. The number of methoxy groups -OCH3 is 1. The molecule has 28 heavy (non-hydrogen) atoms. The maximum absolute atomic E-state index is 5.48. The smallest absolute Gasteiger partial charge is 0.248 e. The first-order valence-electron chi connectivity index (χ1n) is 9.39. The summed E-state index contributed by atoms with van der Waals surface area (Å²) in [4.78, 5) is 15.6. The van der Waals surface area contributed by atoms with Crippen LogP contribution in [0.2, 0.25) is 0 Å². The SMILES string of the molecule is CCNC(=NCc1nc(C(C)OCC)no1)N(C)Cc1csc(C(C)OC)n1. The maximum atomic E-state index is 5.48. The minimum atomic E-state index is -0.198. The first-order valence-corrected chi connectivity index (χ1v) is 10.3. The summed E-state index contributed by atoms with van der Waals surface area (Å²) in [6.07, 6.45) is -0.201. The Morgan fingerprint density at radius 2 is 2.11 bits per heavy atom. The van der Waals surface area contributed by atoms with E-state index in [-0.39, 0.29) is 12.2 Å². The highest BCUT2D eigenvalue weighted by Crippen LogP contribution is 2.21. The van der Waals surface area contributed by atoms with E-state index in [4.69, 9.17) is 14.0 Å². The molecule has 0 saturated carbocycles. The third-order valence-corrected chi connectivity index (χ3v) is 5.05. The van der Waals surface area contributed by atoms with Gasteiger partial charge in [-0.15, -0.1) is 11.3 Å². The van der Waals surface area contributed by atoms with Crippen LogP contribution in [-0.2, 0) is 22.6 Å². The van der Waals surface area contributed by atoms with Crippen molar-refractivity contribution < 1.29 is 14.0 Å². The number of rotatable bonds is 10. The Labute approximate surface area is 170 Å². The Hall–Kier alpha value is -2.04. The van der Waals surface area contributed by atoms with Gasteiger partial charge in [-0.05, 0) is 27.7 Å². The molecule has 156 valence electrons. The van der Waals surface area contributed by atoms with E-state index in [0.717, 1.165) is 23.2 Å². The van der Waals surface area contributed by atoms with Crippen molar-refractivity contribution >= 4 is 17.3 Å². The highest BCUT2D eigenvalue weighted by Gasteiger charge is 2.15. The van der Waals surface area contributed by atoms with Gasteiger partial charge < -0.3 is 24.2 Å². The quantitative estimate of drug-likeness (QED) is 0.472. The second kappa shape index (κ2) is 11.1. The van der Waals surface area contributed by atoms with Crippen LogP contribution >= 0.6 is 11.3 Å². The van der Waals surface area contributed by atoms with E-state index < -0.39 is 0 Å². The lowest BCUT2D eigenvalue weighted by Crippen LogP contribution is -2.38. The fourth-order valence-electron chi connectivity index (χ4n) is 2.43. The van der Waals surface area contributed by atoms with Gasteiger partial charge in [-0.25, -0.2) is 9.98 Å². The number of nitrogens with zero attached hydrogens (tertiary/aromatic N) is 5. The van der Waals surface area contributed by atoms with Crippen molar-refractivity contribution in [1.29, 1.82) is 0 Å². The summed E-state index contributed by atoms with van der Waals surface area (Å²) in [5.74, 6) is 1.73. The average molecular weight is 411 g/mol. The van der Waals surface area contributed by atoms with E-state index in [2.05, 4.69) is 25.4 Å². The van der Waals surface area contributed by atoms with Gasteiger partial charge in [0.1, 0.15) is 23.8 Å². The molecule has 0 saturated heterocycles. The highest BCUT2D eigenvalue weighted by atomic mass is 32.1. The van der Waals surface area contributed by atoms with Crippen molar-refractivity contribution in [2.75, 3.05) is 27.3 Å². The number of hydrogen-bond donors (Lipinski definition) is 1. The standard InChI is InChI=1S/C18H30N6O3S/c1-7-19-18(20-9-15-22-16(23-27-15)12(3)26-8-2)24(5)10-14-11-28-17(21-14)13(4)25-6/h11-13H,7-10H2,1-6H3,(H,19,20). The highest BCUT2D eigenvalue weighted by molar-refractivity contribution is 7.09. The Balaban J connectivity index is 2.01.